The zero-order chi connectivity index (χ0) is 25.0. The second kappa shape index (κ2) is 10.5. The Bertz CT molecular complexity index is 1070. The quantitative estimate of drug-likeness (QED) is 0.573. The average molecular weight is 482 g/mol. The van der Waals surface area contributed by atoms with Crippen LogP contribution in [-0.2, 0) is 17.8 Å². The molecule has 0 radical (unpaired) electrons. The molecule has 9 nitrogen and oxygen atoms in total. The number of nitrogens with one attached hydrogen (secondary N) is 2. The van der Waals surface area contributed by atoms with Crippen molar-refractivity contribution in [3.05, 3.63) is 47.3 Å². The van der Waals surface area contributed by atoms with Gasteiger partial charge in [0.15, 0.2) is 5.69 Å². The fraction of sp³-hybridized carbons (Fsp3) is 0.538. The first-order chi connectivity index (χ1) is 16.9. The number of carbonyl (C=O) groups is 3. The Morgan fingerprint density at radius 2 is 1.89 bits per heavy atom. The minimum atomic E-state index is -1.06. The summed E-state index contributed by atoms with van der Waals surface area (Å²) in [5.74, 6) is 0.0234. The number of nitrogens with zero attached hydrogens (tertiary/aromatic N) is 3. The lowest BCUT2D eigenvalue weighted by atomic mass is 9.94. The van der Waals surface area contributed by atoms with Gasteiger partial charge in [0.1, 0.15) is 17.0 Å². The van der Waals surface area contributed by atoms with Gasteiger partial charge in [0.05, 0.1) is 13.2 Å². The standard InChI is InChI=1S/C26H35N5O4/c1-4-30-24(33)22-16-21(23(32)27-15-14-18-10-12-20(13-11-18)35-5-2)29-31(22)17-26(30,3)25(34)28-19-8-6-7-9-19/h10-13,16,19H,4-9,14-15,17H2,1-3H3,(H,27,32)(H,28,34). The van der Waals surface area contributed by atoms with Gasteiger partial charge in [-0.3, -0.25) is 19.1 Å². The maximum absolute atomic E-state index is 13.3. The molecule has 1 fully saturated rings. The molecule has 188 valence electrons. The van der Waals surface area contributed by atoms with Gasteiger partial charge in [-0.15, -0.1) is 0 Å². The predicted molar refractivity (Wildman–Crippen MR) is 131 cm³/mol. The number of aromatic nitrogens is 2. The van der Waals surface area contributed by atoms with E-state index in [9.17, 15) is 14.4 Å². The highest BCUT2D eigenvalue weighted by Gasteiger charge is 2.48. The molecule has 35 heavy (non-hydrogen) atoms. The molecule has 2 aromatic rings. The molecule has 0 bridgehead atoms. The Morgan fingerprint density at radius 1 is 1.17 bits per heavy atom. The van der Waals surface area contributed by atoms with Gasteiger partial charge in [0.25, 0.3) is 11.8 Å². The van der Waals surface area contributed by atoms with Crippen LogP contribution in [0.15, 0.2) is 30.3 Å². The van der Waals surface area contributed by atoms with Crippen molar-refractivity contribution in [2.45, 2.75) is 71.0 Å². The molecular formula is C26H35N5O4. The van der Waals surface area contributed by atoms with Crippen LogP contribution in [0.1, 0.15) is 73.0 Å². The fourth-order valence-corrected chi connectivity index (χ4v) is 4.99. The highest BCUT2D eigenvalue weighted by molar-refractivity contribution is 6.01. The van der Waals surface area contributed by atoms with Crippen LogP contribution in [0.3, 0.4) is 0 Å². The molecule has 1 aromatic heterocycles. The first kappa shape index (κ1) is 24.8. The van der Waals surface area contributed by atoms with Gasteiger partial charge < -0.3 is 20.3 Å². The molecule has 1 aromatic carbocycles. The number of hydrogen-bond donors (Lipinski definition) is 2. The summed E-state index contributed by atoms with van der Waals surface area (Å²) in [5.41, 5.74) is 0.524. The first-order valence-corrected chi connectivity index (χ1v) is 12.6. The highest BCUT2D eigenvalue weighted by Crippen LogP contribution is 2.28. The van der Waals surface area contributed by atoms with Crippen LogP contribution in [0.4, 0.5) is 0 Å². The van der Waals surface area contributed by atoms with E-state index < -0.39 is 5.54 Å². The Morgan fingerprint density at radius 3 is 2.54 bits per heavy atom. The van der Waals surface area contributed by atoms with E-state index >= 15 is 0 Å². The molecule has 9 heteroatoms. The smallest absolute Gasteiger partial charge is 0.273 e. The summed E-state index contributed by atoms with van der Waals surface area (Å²) in [6, 6.07) is 9.45. The third kappa shape index (κ3) is 5.18. The summed E-state index contributed by atoms with van der Waals surface area (Å²) in [4.78, 5) is 40.8. The largest absolute Gasteiger partial charge is 0.494 e. The van der Waals surface area contributed by atoms with Crippen molar-refractivity contribution in [3.63, 3.8) is 0 Å². The Labute approximate surface area is 206 Å². The first-order valence-electron chi connectivity index (χ1n) is 12.6. The maximum atomic E-state index is 13.3. The van der Waals surface area contributed by atoms with Crippen molar-refractivity contribution in [1.82, 2.24) is 25.3 Å². The van der Waals surface area contributed by atoms with Crippen LogP contribution in [0, 0.1) is 0 Å². The predicted octanol–water partition coefficient (Wildman–Crippen LogP) is 2.55. The van der Waals surface area contributed by atoms with E-state index in [1.807, 2.05) is 38.1 Å². The average Bonchev–Trinajstić information content (AvgIpc) is 3.50. The zero-order valence-electron chi connectivity index (χ0n) is 20.8. The second-order valence-corrected chi connectivity index (χ2v) is 9.43. The Kier molecular flexibility index (Phi) is 7.42. The van der Waals surface area contributed by atoms with Crippen molar-refractivity contribution in [2.24, 2.45) is 0 Å². The van der Waals surface area contributed by atoms with Crippen LogP contribution in [0.25, 0.3) is 0 Å². The molecule has 1 aliphatic heterocycles. The van der Waals surface area contributed by atoms with E-state index in [1.165, 1.54) is 10.7 Å². The van der Waals surface area contributed by atoms with Crippen LogP contribution in [0.2, 0.25) is 0 Å². The monoisotopic (exact) mass is 481 g/mol. The molecule has 2 aliphatic rings. The molecule has 1 saturated carbocycles. The van der Waals surface area contributed by atoms with Crippen molar-refractivity contribution in [2.75, 3.05) is 19.7 Å². The number of carbonyl (C=O) groups excluding carboxylic acids is 3. The van der Waals surface area contributed by atoms with Crippen molar-refractivity contribution in [1.29, 1.82) is 0 Å². The van der Waals surface area contributed by atoms with Crippen molar-refractivity contribution < 1.29 is 19.1 Å². The summed E-state index contributed by atoms with van der Waals surface area (Å²) in [6.45, 7) is 7.23. The maximum Gasteiger partial charge on any atom is 0.273 e. The second-order valence-electron chi connectivity index (χ2n) is 9.43. The molecule has 1 unspecified atom stereocenters. The van der Waals surface area contributed by atoms with Crippen LogP contribution < -0.4 is 15.4 Å². The number of amides is 3. The number of fused-ring (bicyclic) bond motifs is 1. The summed E-state index contributed by atoms with van der Waals surface area (Å²) in [7, 11) is 0. The van der Waals surface area contributed by atoms with E-state index in [1.54, 1.807) is 11.8 Å². The van der Waals surface area contributed by atoms with Crippen LogP contribution in [-0.4, -0.2) is 63.7 Å². The normalized spacial score (nSPS) is 20.0. The number of hydrogen-bond acceptors (Lipinski definition) is 5. The third-order valence-corrected chi connectivity index (χ3v) is 6.96. The Hall–Kier alpha value is -3.36. The Balaban J connectivity index is 1.41. The molecule has 1 aliphatic carbocycles. The summed E-state index contributed by atoms with van der Waals surface area (Å²) in [5, 5.41) is 10.4. The number of benzene rings is 1. The number of rotatable bonds is 9. The van der Waals surface area contributed by atoms with Gasteiger partial charge in [0, 0.05) is 25.2 Å². The van der Waals surface area contributed by atoms with Gasteiger partial charge in [-0.25, -0.2) is 0 Å². The molecule has 3 amide bonds. The van der Waals surface area contributed by atoms with E-state index in [0.717, 1.165) is 37.0 Å². The van der Waals surface area contributed by atoms with E-state index in [2.05, 4.69) is 15.7 Å². The summed E-state index contributed by atoms with van der Waals surface area (Å²) in [6.07, 6.45) is 4.82. The van der Waals surface area contributed by atoms with E-state index in [0.29, 0.717) is 31.8 Å². The lowest BCUT2D eigenvalue weighted by molar-refractivity contribution is -0.133. The van der Waals surface area contributed by atoms with Gasteiger partial charge in [-0.05, 0) is 57.7 Å². The minimum Gasteiger partial charge on any atom is -0.494 e. The minimum absolute atomic E-state index is 0.156. The fourth-order valence-electron chi connectivity index (χ4n) is 4.99. The number of ether oxygens (including phenoxy) is 1. The number of likely N-dealkylation sites (N-methyl/N-ethyl adjacent to an activating group) is 1. The molecule has 4 rings (SSSR count). The molecule has 0 saturated heterocycles. The van der Waals surface area contributed by atoms with Crippen LogP contribution >= 0.6 is 0 Å². The third-order valence-electron chi connectivity index (χ3n) is 6.96. The van der Waals surface area contributed by atoms with E-state index in [4.69, 9.17) is 4.74 Å². The van der Waals surface area contributed by atoms with Gasteiger partial charge in [0.2, 0.25) is 5.91 Å². The summed E-state index contributed by atoms with van der Waals surface area (Å²) < 4.78 is 6.96. The van der Waals surface area contributed by atoms with Gasteiger partial charge >= 0.3 is 0 Å². The van der Waals surface area contributed by atoms with Gasteiger partial charge in [-0.2, -0.15) is 5.10 Å². The molecule has 2 N–H and O–H groups in total. The van der Waals surface area contributed by atoms with Crippen molar-refractivity contribution in [3.8, 4) is 5.75 Å². The molecule has 2 heterocycles. The topological polar surface area (TPSA) is 106 Å². The van der Waals surface area contributed by atoms with Crippen LogP contribution in [0.5, 0.6) is 5.75 Å². The summed E-state index contributed by atoms with van der Waals surface area (Å²) >= 11 is 0. The SMILES string of the molecule is CCOc1ccc(CCNC(=O)c2cc3n(n2)CC(C)(C(=O)NC2CCCC2)N(CC)C3=O)cc1. The van der Waals surface area contributed by atoms with E-state index in [-0.39, 0.29) is 36.0 Å². The lowest BCUT2D eigenvalue weighted by Crippen LogP contribution is -2.64. The zero-order valence-corrected chi connectivity index (χ0v) is 20.8. The molecule has 1 atom stereocenters. The lowest BCUT2D eigenvalue weighted by Gasteiger charge is -2.43. The molecular weight excluding hydrogens is 446 g/mol. The molecule has 0 spiro atoms. The highest BCUT2D eigenvalue weighted by atomic mass is 16.5. The van der Waals surface area contributed by atoms with Gasteiger partial charge in [-0.1, -0.05) is 25.0 Å². The van der Waals surface area contributed by atoms with Crippen molar-refractivity contribution >= 4 is 17.7 Å².